The molecule has 0 spiro atoms. The number of ether oxygens (including phenoxy) is 1. The van der Waals surface area contributed by atoms with Crippen LogP contribution in [0, 0.1) is 17.0 Å². The van der Waals surface area contributed by atoms with Crippen molar-refractivity contribution in [2.45, 2.75) is 26.2 Å². The van der Waals surface area contributed by atoms with Crippen molar-refractivity contribution >= 4 is 34.6 Å². The highest BCUT2D eigenvalue weighted by Gasteiger charge is 2.26. The molecule has 0 saturated carbocycles. The van der Waals surface area contributed by atoms with Gasteiger partial charge in [0.25, 0.3) is 11.6 Å². The third-order valence-corrected chi connectivity index (χ3v) is 6.57. The summed E-state index contributed by atoms with van der Waals surface area (Å²) in [4.78, 5) is 30.0. The summed E-state index contributed by atoms with van der Waals surface area (Å²) < 4.78 is 5.70. The Kier molecular flexibility index (Phi) is 7.23. The molecular formula is C24H29ClN4O4. The first-order valence-corrected chi connectivity index (χ1v) is 11.8. The van der Waals surface area contributed by atoms with Crippen LogP contribution in [0.5, 0.6) is 5.75 Å². The topological polar surface area (TPSA) is 79.2 Å². The van der Waals surface area contributed by atoms with Gasteiger partial charge in [-0.3, -0.25) is 14.9 Å². The molecule has 2 aliphatic rings. The molecule has 0 aromatic heterocycles. The number of rotatable bonds is 6. The van der Waals surface area contributed by atoms with Crippen molar-refractivity contribution in [1.82, 2.24) is 4.90 Å². The van der Waals surface area contributed by atoms with E-state index >= 15 is 0 Å². The minimum atomic E-state index is -0.299. The number of nitro groups is 1. The number of hydrogen-bond donors (Lipinski definition) is 0. The Bertz CT molecular complexity index is 1020. The number of amides is 1. The van der Waals surface area contributed by atoms with Gasteiger partial charge >= 0.3 is 0 Å². The first kappa shape index (κ1) is 23.2. The number of carbonyl (C=O) groups is 1. The van der Waals surface area contributed by atoms with Crippen LogP contribution in [0.3, 0.4) is 0 Å². The van der Waals surface area contributed by atoms with Crippen molar-refractivity contribution in [1.29, 1.82) is 0 Å². The van der Waals surface area contributed by atoms with E-state index in [2.05, 4.69) is 9.80 Å². The molecule has 0 unspecified atom stereocenters. The molecule has 2 aliphatic heterocycles. The quantitative estimate of drug-likeness (QED) is 0.461. The molecule has 2 aromatic rings. The zero-order valence-corrected chi connectivity index (χ0v) is 19.6. The normalized spacial score (nSPS) is 16.6. The predicted molar refractivity (Wildman–Crippen MR) is 130 cm³/mol. The Labute approximate surface area is 198 Å². The van der Waals surface area contributed by atoms with Gasteiger partial charge in [0.05, 0.1) is 4.92 Å². The van der Waals surface area contributed by atoms with Crippen molar-refractivity contribution in [3.63, 3.8) is 0 Å². The molecule has 0 bridgehead atoms. The third kappa shape index (κ3) is 5.50. The number of aryl methyl sites for hydroxylation is 1. The summed E-state index contributed by atoms with van der Waals surface area (Å²) >= 11 is 5.97. The smallest absolute Gasteiger partial charge is 0.292 e. The summed E-state index contributed by atoms with van der Waals surface area (Å²) in [6.45, 7) is 6.08. The number of anilines is 2. The Morgan fingerprint density at radius 3 is 2.39 bits per heavy atom. The predicted octanol–water partition coefficient (Wildman–Crippen LogP) is 4.27. The summed E-state index contributed by atoms with van der Waals surface area (Å²) in [6.07, 6.45) is 3.28. The molecule has 4 rings (SSSR count). The molecule has 2 fully saturated rings. The Hall–Kier alpha value is -3.00. The lowest BCUT2D eigenvalue weighted by atomic mass is 10.1. The van der Waals surface area contributed by atoms with Gasteiger partial charge in [0.1, 0.15) is 11.4 Å². The number of halogens is 1. The zero-order chi connectivity index (χ0) is 23.4. The molecule has 1 amide bonds. The fourth-order valence-electron chi connectivity index (χ4n) is 4.47. The van der Waals surface area contributed by atoms with E-state index in [0.717, 1.165) is 37.2 Å². The van der Waals surface area contributed by atoms with Crippen LogP contribution in [-0.2, 0) is 4.79 Å². The molecule has 2 aromatic carbocycles. The van der Waals surface area contributed by atoms with Gasteiger partial charge < -0.3 is 19.4 Å². The van der Waals surface area contributed by atoms with Crippen molar-refractivity contribution in [3.8, 4) is 5.75 Å². The fourth-order valence-corrected chi connectivity index (χ4v) is 4.70. The molecule has 0 N–H and O–H groups in total. The van der Waals surface area contributed by atoms with E-state index < -0.39 is 0 Å². The van der Waals surface area contributed by atoms with Crippen LogP contribution in [-0.4, -0.2) is 61.6 Å². The van der Waals surface area contributed by atoms with Crippen molar-refractivity contribution in [3.05, 3.63) is 57.1 Å². The van der Waals surface area contributed by atoms with E-state index in [0.29, 0.717) is 42.6 Å². The lowest BCUT2D eigenvalue weighted by molar-refractivity contribution is -0.384. The Morgan fingerprint density at radius 1 is 1.00 bits per heavy atom. The maximum atomic E-state index is 12.6. The van der Waals surface area contributed by atoms with Gasteiger partial charge in [-0.25, -0.2) is 0 Å². The Morgan fingerprint density at radius 2 is 1.73 bits per heavy atom. The van der Waals surface area contributed by atoms with Crippen LogP contribution in [0.15, 0.2) is 36.4 Å². The van der Waals surface area contributed by atoms with E-state index in [-0.39, 0.29) is 23.1 Å². The van der Waals surface area contributed by atoms with Gasteiger partial charge in [-0.2, -0.15) is 0 Å². The van der Waals surface area contributed by atoms with Gasteiger partial charge in [0, 0.05) is 56.0 Å². The number of benzene rings is 2. The summed E-state index contributed by atoms with van der Waals surface area (Å²) in [5.41, 5.74) is 2.70. The summed E-state index contributed by atoms with van der Waals surface area (Å²) in [5, 5.41) is 12.2. The van der Waals surface area contributed by atoms with E-state index in [1.807, 2.05) is 25.1 Å². The molecule has 2 saturated heterocycles. The number of piperidine rings is 1. The zero-order valence-electron chi connectivity index (χ0n) is 18.8. The maximum absolute atomic E-state index is 12.6. The largest absolute Gasteiger partial charge is 0.483 e. The molecular weight excluding hydrogens is 444 g/mol. The first-order valence-electron chi connectivity index (χ1n) is 11.4. The van der Waals surface area contributed by atoms with E-state index in [4.69, 9.17) is 16.3 Å². The second kappa shape index (κ2) is 10.3. The molecule has 2 heterocycles. The van der Waals surface area contributed by atoms with Gasteiger partial charge in [-0.15, -0.1) is 0 Å². The van der Waals surface area contributed by atoms with Crippen LogP contribution in [0.1, 0.15) is 24.8 Å². The first-order chi connectivity index (χ1) is 15.9. The Balaban J connectivity index is 1.37. The molecule has 0 aliphatic carbocycles. The number of nitro benzene ring substituents is 1. The molecule has 0 radical (unpaired) electrons. The van der Waals surface area contributed by atoms with Crippen LogP contribution >= 0.6 is 11.6 Å². The van der Waals surface area contributed by atoms with Gasteiger partial charge in [-0.1, -0.05) is 11.6 Å². The highest BCUT2D eigenvalue weighted by Crippen LogP contribution is 2.34. The molecule has 0 atom stereocenters. The van der Waals surface area contributed by atoms with E-state index in [1.165, 1.54) is 6.42 Å². The molecule has 9 heteroatoms. The standard InChI is InChI=1S/C24H29ClN4O4/c1-18-15-19(25)5-8-23(18)33-17-24(30)28-13-11-26(12-14-28)20-6-7-21(29(31)32)22(16-20)27-9-3-2-4-10-27/h5-8,15-16H,2-4,9-14,17H2,1H3. The highest BCUT2D eigenvalue weighted by molar-refractivity contribution is 6.30. The van der Waals surface area contributed by atoms with Gasteiger partial charge in [-0.05, 0) is 62.1 Å². The number of carbonyl (C=O) groups excluding carboxylic acids is 1. The summed E-state index contributed by atoms with van der Waals surface area (Å²) in [5.74, 6) is 0.601. The molecule has 8 nitrogen and oxygen atoms in total. The SMILES string of the molecule is Cc1cc(Cl)ccc1OCC(=O)N1CCN(c2ccc([N+](=O)[O-])c(N3CCCCC3)c2)CC1. The van der Waals surface area contributed by atoms with Gasteiger partial charge in [0.15, 0.2) is 6.61 Å². The van der Waals surface area contributed by atoms with Crippen molar-refractivity contribution < 1.29 is 14.5 Å². The third-order valence-electron chi connectivity index (χ3n) is 6.34. The minimum absolute atomic E-state index is 0.0148. The second-order valence-corrected chi connectivity index (χ2v) is 8.98. The fraction of sp³-hybridized carbons (Fsp3) is 0.458. The number of piperazine rings is 1. The summed E-state index contributed by atoms with van der Waals surface area (Å²) in [6, 6.07) is 10.7. The minimum Gasteiger partial charge on any atom is -0.483 e. The molecule has 176 valence electrons. The number of nitrogens with zero attached hydrogens (tertiary/aromatic N) is 4. The van der Waals surface area contributed by atoms with Crippen LogP contribution in [0.25, 0.3) is 0 Å². The van der Waals surface area contributed by atoms with Crippen molar-refractivity contribution in [2.24, 2.45) is 0 Å². The maximum Gasteiger partial charge on any atom is 0.292 e. The van der Waals surface area contributed by atoms with E-state index in [1.54, 1.807) is 23.1 Å². The second-order valence-electron chi connectivity index (χ2n) is 8.54. The number of hydrogen-bond acceptors (Lipinski definition) is 6. The van der Waals surface area contributed by atoms with Crippen molar-refractivity contribution in [2.75, 3.05) is 55.7 Å². The van der Waals surface area contributed by atoms with Crippen LogP contribution < -0.4 is 14.5 Å². The molecule has 33 heavy (non-hydrogen) atoms. The van der Waals surface area contributed by atoms with Crippen LogP contribution in [0.2, 0.25) is 5.02 Å². The average molecular weight is 473 g/mol. The highest BCUT2D eigenvalue weighted by atomic mass is 35.5. The monoisotopic (exact) mass is 472 g/mol. The average Bonchev–Trinajstić information content (AvgIpc) is 2.83. The van der Waals surface area contributed by atoms with Crippen LogP contribution in [0.4, 0.5) is 17.1 Å². The summed E-state index contributed by atoms with van der Waals surface area (Å²) in [7, 11) is 0. The lowest BCUT2D eigenvalue weighted by Crippen LogP contribution is -2.50. The lowest BCUT2D eigenvalue weighted by Gasteiger charge is -2.36. The van der Waals surface area contributed by atoms with Gasteiger partial charge in [0.2, 0.25) is 0 Å². The van der Waals surface area contributed by atoms with E-state index in [9.17, 15) is 14.9 Å².